The minimum absolute atomic E-state index is 0.0716. The Hall–Kier alpha value is -5.87. The van der Waals surface area contributed by atoms with E-state index >= 15 is 0 Å². The molecule has 0 bridgehead atoms. The Morgan fingerprint density at radius 3 is 1.67 bits per heavy atom. The molecular weight excluding hydrogens is 526 g/mol. The van der Waals surface area contributed by atoms with Crippen LogP contribution in [0, 0.1) is 0 Å². The van der Waals surface area contributed by atoms with Gasteiger partial charge in [0.25, 0.3) is 0 Å². The number of aromatic nitrogens is 3. The molecule has 0 fully saturated rings. The van der Waals surface area contributed by atoms with Gasteiger partial charge in [0.1, 0.15) is 11.2 Å². The third kappa shape index (κ3) is 4.55. The molecule has 6 aromatic carbocycles. The smallest absolute Gasteiger partial charge is 0.164 e. The predicted octanol–water partition coefficient (Wildman–Crippen LogP) is 10.1. The molecule has 0 N–H and O–H groups in total. The maximum Gasteiger partial charge on any atom is 0.164 e. The fourth-order valence-electron chi connectivity index (χ4n) is 5.41. The molecule has 0 aliphatic carbocycles. The summed E-state index contributed by atoms with van der Waals surface area (Å²) in [5.41, 5.74) is 5.51. The van der Waals surface area contributed by atoms with Crippen LogP contribution in [0.15, 0.2) is 156 Å². The molecule has 8 rings (SSSR count). The second kappa shape index (κ2) is 10.5. The summed E-state index contributed by atoms with van der Waals surface area (Å²) in [5.74, 6) is 1.49. The van der Waals surface area contributed by atoms with E-state index in [-0.39, 0.29) is 17.6 Å². The van der Waals surface area contributed by atoms with Crippen molar-refractivity contribution in [1.82, 2.24) is 15.0 Å². The normalized spacial score (nSPS) is 12.9. The van der Waals surface area contributed by atoms with Crippen LogP contribution in [0.1, 0.15) is 6.85 Å². The lowest BCUT2D eigenvalue weighted by molar-refractivity contribution is 0.670. The van der Waals surface area contributed by atoms with Crippen molar-refractivity contribution in [2.45, 2.75) is 0 Å². The third-order valence-electron chi connectivity index (χ3n) is 7.41. The second-order valence-electron chi connectivity index (χ2n) is 10.1. The minimum Gasteiger partial charge on any atom is -0.455 e. The van der Waals surface area contributed by atoms with Crippen LogP contribution in [0.5, 0.6) is 0 Å². The SMILES string of the molecule is [2H]c1c([2H])c([2H])c(-c2cc(-c3ccccc3)cc3c2oc2cccc(-c4nc(-c5ccccc5)nc(-c5ccccc5)n4)c23)c([2H])c1[2H]. The van der Waals surface area contributed by atoms with E-state index in [1.54, 1.807) is 0 Å². The fraction of sp³-hybridized carbons (Fsp3) is 0. The van der Waals surface area contributed by atoms with E-state index in [0.29, 0.717) is 45.2 Å². The molecule has 0 atom stereocenters. The van der Waals surface area contributed by atoms with Crippen molar-refractivity contribution in [3.05, 3.63) is 152 Å². The van der Waals surface area contributed by atoms with Gasteiger partial charge in [-0.05, 0) is 34.9 Å². The van der Waals surface area contributed by atoms with Crippen LogP contribution in [0.25, 0.3) is 78.4 Å². The molecule has 2 aromatic heterocycles. The lowest BCUT2D eigenvalue weighted by atomic mass is 9.95. The largest absolute Gasteiger partial charge is 0.455 e. The average Bonchev–Trinajstić information content (AvgIpc) is 3.53. The van der Waals surface area contributed by atoms with Gasteiger partial charge in [0.15, 0.2) is 17.5 Å². The lowest BCUT2D eigenvalue weighted by Gasteiger charge is -2.10. The molecule has 0 aliphatic heterocycles. The summed E-state index contributed by atoms with van der Waals surface area (Å²) in [7, 11) is 0. The van der Waals surface area contributed by atoms with E-state index in [9.17, 15) is 0 Å². The fourth-order valence-corrected chi connectivity index (χ4v) is 5.41. The molecule has 4 heteroatoms. The lowest BCUT2D eigenvalue weighted by Crippen LogP contribution is -2.00. The van der Waals surface area contributed by atoms with Crippen LogP contribution >= 0.6 is 0 Å². The molecule has 0 aliphatic rings. The topological polar surface area (TPSA) is 51.8 Å². The zero-order chi connectivity index (χ0) is 32.9. The van der Waals surface area contributed by atoms with Crippen molar-refractivity contribution < 1.29 is 11.3 Å². The van der Waals surface area contributed by atoms with Crippen molar-refractivity contribution >= 4 is 21.9 Å². The van der Waals surface area contributed by atoms with E-state index in [2.05, 4.69) is 0 Å². The van der Waals surface area contributed by atoms with Gasteiger partial charge in [0.05, 0.1) is 6.85 Å². The predicted molar refractivity (Wildman–Crippen MR) is 174 cm³/mol. The first-order valence-corrected chi connectivity index (χ1v) is 13.9. The van der Waals surface area contributed by atoms with Crippen LogP contribution < -0.4 is 0 Å². The minimum atomic E-state index is -0.450. The molecule has 2 heterocycles. The first kappa shape index (κ1) is 20.1. The van der Waals surface area contributed by atoms with Crippen molar-refractivity contribution in [2.75, 3.05) is 0 Å². The Morgan fingerprint density at radius 1 is 0.465 bits per heavy atom. The number of furan rings is 1. The second-order valence-corrected chi connectivity index (χ2v) is 10.1. The Balaban J connectivity index is 1.47. The van der Waals surface area contributed by atoms with Gasteiger partial charge in [-0.2, -0.15) is 0 Å². The molecule has 4 nitrogen and oxygen atoms in total. The number of benzene rings is 6. The molecule has 0 spiro atoms. The molecule has 0 saturated carbocycles. The summed E-state index contributed by atoms with van der Waals surface area (Å²) in [5, 5.41) is 1.44. The van der Waals surface area contributed by atoms with Gasteiger partial charge in [-0.25, -0.2) is 15.0 Å². The number of fused-ring (bicyclic) bond motifs is 3. The molecule has 0 saturated heterocycles. The van der Waals surface area contributed by atoms with Gasteiger partial charge in [0.2, 0.25) is 0 Å². The first-order valence-electron chi connectivity index (χ1n) is 16.4. The summed E-state index contributed by atoms with van der Waals surface area (Å²) in [6, 6.07) is 36.9. The summed E-state index contributed by atoms with van der Waals surface area (Å²) in [6.45, 7) is 0. The zero-order valence-electron chi connectivity index (χ0n) is 27.8. The van der Waals surface area contributed by atoms with E-state index < -0.39 is 18.1 Å². The summed E-state index contributed by atoms with van der Waals surface area (Å²) < 4.78 is 49.1. The molecule has 43 heavy (non-hydrogen) atoms. The molecule has 8 aromatic rings. The van der Waals surface area contributed by atoms with Crippen molar-refractivity contribution in [3.63, 3.8) is 0 Å². The third-order valence-corrected chi connectivity index (χ3v) is 7.41. The summed E-state index contributed by atoms with van der Waals surface area (Å²) in [6.07, 6.45) is 0. The van der Waals surface area contributed by atoms with Gasteiger partial charge in [-0.3, -0.25) is 0 Å². The zero-order valence-corrected chi connectivity index (χ0v) is 22.8. The van der Waals surface area contributed by atoms with Gasteiger partial charge in [0, 0.05) is 33.0 Å². The van der Waals surface area contributed by atoms with E-state index in [1.807, 2.05) is 121 Å². The quantitative estimate of drug-likeness (QED) is 0.212. The van der Waals surface area contributed by atoms with Crippen LogP contribution in [0.2, 0.25) is 0 Å². The molecular formula is C39H25N3O. The Kier molecular flexibility index (Phi) is 4.91. The number of hydrogen-bond donors (Lipinski definition) is 0. The highest BCUT2D eigenvalue weighted by atomic mass is 16.3. The van der Waals surface area contributed by atoms with Crippen LogP contribution in [-0.4, -0.2) is 15.0 Å². The Bertz CT molecular complexity index is 2420. The number of hydrogen-bond acceptors (Lipinski definition) is 4. The molecule has 0 amide bonds. The maximum absolute atomic E-state index is 8.80. The highest BCUT2D eigenvalue weighted by molar-refractivity contribution is 6.16. The first-order chi connectivity index (χ1) is 23.4. The highest BCUT2D eigenvalue weighted by Crippen LogP contribution is 2.42. The Labute approximate surface area is 256 Å². The van der Waals surface area contributed by atoms with Gasteiger partial charge in [-0.1, -0.05) is 133 Å². The Morgan fingerprint density at radius 2 is 1.05 bits per heavy atom. The summed E-state index contributed by atoms with van der Waals surface area (Å²) >= 11 is 0. The molecule has 0 unspecified atom stereocenters. The number of rotatable bonds is 5. The average molecular weight is 557 g/mol. The standard InChI is InChI=1S/C39H25N3O/c1-5-14-26(15-6-1)30-24-32(27-16-7-2-8-17-27)36-33(25-30)35-31(22-13-23-34(35)43-36)39-41-37(28-18-9-3-10-19-28)40-38(42-39)29-20-11-4-12-21-29/h1-25H/i2D,7D,8D,16D,17D. The maximum atomic E-state index is 8.80. The molecule has 0 radical (unpaired) electrons. The summed E-state index contributed by atoms with van der Waals surface area (Å²) in [4.78, 5) is 14.8. The number of nitrogens with zero attached hydrogens (tertiary/aromatic N) is 3. The van der Waals surface area contributed by atoms with Gasteiger partial charge in [-0.15, -0.1) is 0 Å². The van der Waals surface area contributed by atoms with Crippen LogP contribution in [-0.2, 0) is 0 Å². The van der Waals surface area contributed by atoms with E-state index in [0.717, 1.165) is 27.6 Å². The van der Waals surface area contributed by atoms with Crippen molar-refractivity contribution in [3.8, 4) is 56.4 Å². The van der Waals surface area contributed by atoms with Crippen molar-refractivity contribution in [2.24, 2.45) is 0 Å². The van der Waals surface area contributed by atoms with E-state index in [4.69, 9.17) is 26.2 Å². The van der Waals surface area contributed by atoms with Gasteiger partial charge < -0.3 is 4.42 Å². The van der Waals surface area contributed by atoms with E-state index in [1.165, 1.54) is 0 Å². The monoisotopic (exact) mass is 556 g/mol. The van der Waals surface area contributed by atoms with Gasteiger partial charge >= 0.3 is 0 Å². The highest BCUT2D eigenvalue weighted by Gasteiger charge is 2.20. The molecule has 202 valence electrons. The van der Waals surface area contributed by atoms with Crippen LogP contribution in [0.4, 0.5) is 0 Å². The van der Waals surface area contributed by atoms with Crippen molar-refractivity contribution in [1.29, 1.82) is 0 Å². The van der Waals surface area contributed by atoms with Crippen LogP contribution in [0.3, 0.4) is 0 Å².